The Morgan fingerprint density at radius 2 is 1.14 bits per heavy atom. The van der Waals surface area contributed by atoms with Gasteiger partial charge in [-0.3, -0.25) is 9.97 Å². The van der Waals surface area contributed by atoms with Crippen molar-refractivity contribution in [3.63, 3.8) is 0 Å². The molecule has 0 N–H and O–H groups in total. The summed E-state index contributed by atoms with van der Waals surface area (Å²) in [6, 6.07) is 5.56. The minimum absolute atomic E-state index is 0.407. The molecule has 2 heterocycles. The second-order valence-corrected chi connectivity index (χ2v) is 2.72. The number of pyridine rings is 2. The van der Waals surface area contributed by atoms with Crippen molar-refractivity contribution >= 4 is 0 Å². The molecule has 0 atom stereocenters. The molecule has 2 rings (SSSR count). The van der Waals surface area contributed by atoms with Crippen molar-refractivity contribution in [1.29, 1.82) is 0 Å². The first kappa shape index (κ1) is 8.74. The first-order valence-corrected chi connectivity index (χ1v) is 3.99. The average molecular weight is 192 g/mol. The van der Waals surface area contributed by atoms with Gasteiger partial charge in [0.2, 0.25) is 0 Å². The number of nitrogens with zero attached hydrogens (tertiary/aromatic N) is 2. The molecule has 70 valence electrons. The van der Waals surface area contributed by atoms with Crippen LogP contribution in [0.15, 0.2) is 36.7 Å². The minimum Gasteiger partial charge on any atom is -0.252 e. The van der Waals surface area contributed by atoms with E-state index in [-0.39, 0.29) is 0 Å². The van der Waals surface area contributed by atoms with Crippen LogP contribution in [0.4, 0.5) is 8.78 Å². The fourth-order valence-corrected chi connectivity index (χ4v) is 1.05. The lowest BCUT2D eigenvalue weighted by Crippen LogP contribution is -1.88. The van der Waals surface area contributed by atoms with Crippen molar-refractivity contribution < 1.29 is 8.78 Å². The third kappa shape index (κ3) is 1.74. The third-order valence-electron chi connectivity index (χ3n) is 1.72. The van der Waals surface area contributed by atoms with Crippen LogP contribution in [0.5, 0.6) is 0 Å². The van der Waals surface area contributed by atoms with E-state index in [2.05, 4.69) is 9.97 Å². The van der Waals surface area contributed by atoms with Crippen molar-refractivity contribution in [2.45, 2.75) is 0 Å². The molecule has 0 radical (unpaired) electrons. The van der Waals surface area contributed by atoms with Crippen LogP contribution in [0, 0.1) is 11.6 Å². The van der Waals surface area contributed by atoms with E-state index in [0.29, 0.717) is 11.4 Å². The van der Waals surface area contributed by atoms with E-state index in [1.165, 1.54) is 24.3 Å². The van der Waals surface area contributed by atoms with E-state index in [9.17, 15) is 8.78 Å². The largest absolute Gasteiger partial charge is 0.252 e. The molecule has 0 amide bonds. The quantitative estimate of drug-likeness (QED) is 0.693. The molecule has 2 aromatic heterocycles. The van der Waals surface area contributed by atoms with Gasteiger partial charge in [0, 0.05) is 0 Å². The molecule has 0 aliphatic rings. The Labute approximate surface area is 79.3 Å². The molecule has 4 heteroatoms. The highest BCUT2D eigenvalue weighted by Crippen LogP contribution is 2.13. The number of aromatic nitrogens is 2. The number of hydrogen-bond donors (Lipinski definition) is 0. The Kier molecular flexibility index (Phi) is 2.18. The Morgan fingerprint density at radius 1 is 0.714 bits per heavy atom. The fraction of sp³-hybridized carbons (Fsp3) is 0. The highest BCUT2D eigenvalue weighted by atomic mass is 19.1. The van der Waals surface area contributed by atoms with Gasteiger partial charge in [0.05, 0.1) is 23.8 Å². The van der Waals surface area contributed by atoms with Crippen LogP contribution in [-0.4, -0.2) is 9.97 Å². The fourth-order valence-electron chi connectivity index (χ4n) is 1.05. The van der Waals surface area contributed by atoms with Gasteiger partial charge in [-0.2, -0.15) is 0 Å². The van der Waals surface area contributed by atoms with Gasteiger partial charge in [-0.1, -0.05) is 0 Å². The molecule has 0 aliphatic heterocycles. The molecule has 0 spiro atoms. The summed E-state index contributed by atoms with van der Waals surface area (Å²) in [4.78, 5) is 7.64. The minimum atomic E-state index is -0.407. The smallest absolute Gasteiger partial charge is 0.141 e. The predicted octanol–water partition coefficient (Wildman–Crippen LogP) is 2.42. The second kappa shape index (κ2) is 3.49. The highest BCUT2D eigenvalue weighted by Gasteiger charge is 2.00. The second-order valence-electron chi connectivity index (χ2n) is 2.72. The van der Waals surface area contributed by atoms with Crippen LogP contribution in [0.3, 0.4) is 0 Å². The molecule has 0 bridgehead atoms. The van der Waals surface area contributed by atoms with Crippen LogP contribution in [0.1, 0.15) is 0 Å². The molecule has 2 aromatic rings. The topological polar surface area (TPSA) is 25.8 Å². The number of hydrogen-bond acceptors (Lipinski definition) is 2. The van der Waals surface area contributed by atoms with E-state index in [4.69, 9.17) is 0 Å². The van der Waals surface area contributed by atoms with E-state index in [0.717, 1.165) is 12.4 Å². The van der Waals surface area contributed by atoms with Crippen LogP contribution in [0.2, 0.25) is 0 Å². The summed E-state index contributed by atoms with van der Waals surface area (Å²) in [5.41, 5.74) is 1.04. The van der Waals surface area contributed by atoms with Crippen LogP contribution < -0.4 is 0 Å². The summed E-state index contributed by atoms with van der Waals surface area (Å²) >= 11 is 0. The summed E-state index contributed by atoms with van der Waals surface area (Å²) in [5, 5.41) is 0. The molecule has 0 saturated heterocycles. The summed E-state index contributed by atoms with van der Waals surface area (Å²) in [5.74, 6) is -0.813. The zero-order valence-corrected chi connectivity index (χ0v) is 7.11. The summed E-state index contributed by atoms with van der Waals surface area (Å²) in [6.07, 6.45) is 2.20. The van der Waals surface area contributed by atoms with Gasteiger partial charge in [0.1, 0.15) is 11.6 Å². The van der Waals surface area contributed by atoms with E-state index in [1.807, 2.05) is 0 Å². The molecule has 2 nitrogen and oxygen atoms in total. The zero-order valence-electron chi connectivity index (χ0n) is 7.11. The SMILES string of the molecule is Fc1ccc(-c2ccc(F)cn2)nc1. The van der Waals surface area contributed by atoms with Crippen molar-refractivity contribution in [1.82, 2.24) is 9.97 Å². The predicted molar refractivity (Wildman–Crippen MR) is 47.4 cm³/mol. The van der Waals surface area contributed by atoms with Crippen LogP contribution in [0.25, 0.3) is 11.4 Å². The maximum Gasteiger partial charge on any atom is 0.141 e. The molecular weight excluding hydrogens is 186 g/mol. The molecular formula is C10H6F2N2. The van der Waals surface area contributed by atoms with Gasteiger partial charge < -0.3 is 0 Å². The standard InChI is InChI=1S/C10H6F2N2/c11-7-1-3-9(13-5-7)10-4-2-8(12)6-14-10/h1-6H. The van der Waals surface area contributed by atoms with Gasteiger partial charge in [-0.05, 0) is 24.3 Å². The van der Waals surface area contributed by atoms with E-state index < -0.39 is 11.6 Å². The van der Waals surface area contributed by atoms with Gasteiger partial charge in [-0.15, -0.1) is 0 Å². The first-order valence-electron chi connectivity index (χ1n) is 3.99. The van der Waals surface area contributed by atoms with Crippen LogP contribution in [-0.2, 0) is 0 Å². The van der Waals surface area contributed by atoms with Gasteiger partial charge in [-0.25, -0.2) is 8.78 Å². The van der Waals surface area contributed by atoms with Crippen molar-refractivity contribution in [2.75, 3.05) is 0 Å². The Balaban J connectivity index is 2.40. The molecule has 14 heavy (non-hydrogen) atoms. The Hall–Kier alpha value is -1.84. The molecule has 0 fully saturated rings. The maximum atomic E-state index is 12.5. The lowest BCUT2D eigenvalue weighted by atomic mass is 10.2. The zero-order chi connectivity index (χ0) is 9.97. The summed E-state index contributed by atoms with van der Waals surface area (Å²) in [7, 11) is 0. The van der Waals surface area contributed by atoms with E-state index >= 15 is 0 Å². The average Bonchev–Trinajstić information content (AvgIpc) is 2.21. The summed E-state index contributed by atoms with van der Waals surface area (Å²) < 4.78 is 25.0. The normalized spacial score (nSPS) is 10.1. The van der Waals surface area contributed by atoms with E-state index in [1.54, 1.807) is 0 Å². The maximum absolute atomic E-state index is 12.5. The lowest BCUT2D eigenvalue weighted by Gasteiger charge is -1.98. The van der Waals surface area contributed by atoms with Crippen molar-refractivity contribution in [2.24, 2.45) is 0 Å². The van der Waals surface area contributed by atoms with Crippen molar-refractivity contribution in [3.8, 4) is 11.4 Å². The molecule has 0 saturated carbocycles. The molecule has 0 unspecified atom stereocenters. The van der Waals surface area contributed by atoms with Gasteiger partial charge in [0.25, 0.3) is 0 Å². The van der Waals surface area contributed by atoms with Crippen molar-refractivity contribution in [3.05, 3.63) is 48.3 Å². The Bertz CT molecular complexity index is 379. The number of rotatable bonds is 1. The molecule has 0 aromatic carbocycles. The first-order chi connectivity index (χ1) is 6.75. The third-order valence-corrected chi connectivity index (χ3v) is 1.72. The van der Waals surface area contributed by atoms with Gasteiger partial charge >= 0.3 is 0 Å². The van der Waals surface area contributed by atoms with Crippen LogP contribution >= 0.6 is 0 Å². The summed E-state index contributed by atoms with van der Waals surface area (Å²) in [6.45, 7) is 0. The monoisotopic (exact) mass is 192 g/mol. The Morgan fingerprint density at radius 3 is 1.43 bits per heavy atom. The van der Waals surface area contributed by atoms with Gasteiger partial charge in [0.15, 0.2) is 0 Å². The lowest BCUT2D eigenvalue weighted by molar-refractivity contribution is 0.619. The molecule has 0 aliphatic carbocycles. The highest BCUT2D eigenvalue weighted by molar-refractivity contribution is 5.52. The number of halogens is 2.